The number of pyridine rings is 1. The first-order chi connectivity index (χ1) is 6.69. The average Bonchev–Trinajstić information content (AvgIpc) is 2.15. The largest absolute Gasteiger partial charge is 0.496 e. The number of carbonyl (C=O) groups excluding carboxylic acids is 1. The normalized spacial score (nSPS) is 9.57. The number of aromatic amines is 1. The van der Waals surface area contributed by atoms with E-state index in [0.29, 0.717) is 17.7 Å². The molecule has 1 aromatic rings. The van der Waals surface area contributed by atoms with Gasteiger partial charge in [-0.25, -0.2) is 0 Å². The van der Waals surface area contributed by atoms with Crippen molar-refractivity contribution >= 4 is 6.41 Å². The maximum absolute atomic E-state index is 11.4. The molecule has 5 heteroatoms. The van der Waals surface area contributed by atoms with Crippen molar-refractivity contribution in [2.45, 2.75) is 13.5 Å². The van der Waals surface area contributed by atoms with Gasteiger partial charge in [-0.05, 0) is 13.0 Å². The van der Waals surface area contributed by atoms with E-state index < -0.39 is 0 Å². The number of nitrogens with one attached hydrogen (secondary N) is 2. The van der Waals surface area contributed by atoms with Crippen molar-refractivity contribution in [3.8, 4) is 5.75 Å². The van der Waals surface area contributed by atoms with Gasteiger partial charge in [-0.1, -0.05) is 0 Å². The molecule has 0 atom stereocenters. The van der Waals surface area contributed by atoms with Crippen molar-refractivity contribution in [2.24, 2.45) is 0 Å². The molecule has 1 rings (SSSR count). The number of aromatic nitrogens is 1. The van der Waals surface area contributed by atoms with E-state index in [1.807, 2.05) is 0 Å². The van der Waals surface area contributed by atoms with Gasteiger partial charge in [-0.3, -0.25) is 9.59 Å². The van der Waals surface area contributed by atoms with E-state index in [4.69, 9.17) is 4.74 Å². The van der Waals surface area contributed by atoms with Crippen LogP contribution in [-0.4, -0.2) is 18.5 Å². The summed E-state index contributed by atoms with van der Waals surface area (Å²) in [5.41, 5.74) is 0.906. The lowest BCUT2D eigenvalue weighted by atomic mass is 10.2. The van der Waals surface area contributed by atoms with Crippen LogP contribution in [0.25, 0.3) is 0 Å². The van der Waals surface area contributed by atoms with Crippen LogP contribution in [0.1, 0.15) is 11.3 Å². The number of carbonyl (C=O) groups is 1. The Kier molecular flexibility index (Phi) is 3.28. The van der Waals surface area contributed by atoms with E-state index in [0.717, 1.165) is 5.69 Å². The van der Waals surface area contributed by atoms with Gasteiger partial charge >= 0.3 is 0 Å². The number of hydrogen-bond acceptors (Lipinski definition) is 3. The standard InChI is InChI=1S/C9H12N2O3/c1-6-3-8(14-2)7(4-10-5-12)9(13)11-6/h3,5H,4H2,1-2H3,(H,10,12)(H,11,13). The van der Waals surface area contributed by atoms with E-state index in [-0.39, 0.29) is 12.1 Å². The first-order valence-electron chi connectivity index (χ1n) is 4.13. The Balaban J connectivity index is 3.11. The van der Waals surface area contributed by atoms with Crippen LogP contribution in [0, 0.1) is 6.92 Å². The van der Waals surface area contributed by atoms with Gasteiger partial charge < -0.3 is 15.0 Å². The Morgan fingerprint density at radius 2 is 2.36 bits per heavy atom. The summed E-state index contributed by atoms with van der Waals surface area (Å²) in [6.45, 7) is 1.93. The van der Waals surface area contributed by atoms with Crippen molar-refractivity contribution in [1.29, 1.82) is 0 Å². The zero-order valence-electron chi connectivity index (χ0n) is 8.09. The molecule has 1 amide bonds. The van der Waals surface area contributed by atoms with Crippen LogP contribution in [0.3, 0.4) is 0 Å². The van der Waals surface area contributed by atoms with Crippen LogP contribution < -0.4 is 15.6 Å². The van der Waals surface area contributed by atoms with Crippen LogP contribution in [0.2, 0.25) is 0 Å². The van der Waals surface area contributed by atoms with Crippen LogP contribution in [0.15, 0.2) is 10.9 Å². The summed E-state index contributed by atoms with van der Waals surface area (Å²) in [6.07, 6.45) is 0.540. The lowest BCUT2D eigenvalue weighted by Crippen LogP contribution is -2.21. The molecule has 0 bridgehead atoms. The molecule has 1 aromatic heterocycles. The Bertz CT molecular complexity index is 384. The van der Waals surface area contributed by atoms with Crippen molar-refractivity contribution in [2.75, 3.05) is 7.11 Å². The summed E-state index contributed by atoms with van der Waals surface area (Å²) in [6, 6.07) is 1.71. The SMILES string of the molecule is COc1cc(C)[nH]c(=O)c1CNC=O. The zero-order valence-corrected chi connectivity index (χ0v) is 8.09. The number of amides is 1. The molecule has 0 radical (unpaired) electrons. The van der Waals surface area contributed by atoms with Gasteiger partial charge in [0.25, 0.3) is 5.56 Å². The first kappa shape index (κ1) is 10.3. The molecule has 0 spiro atoms. The van der Waals surface area contributed by atoms with Crippen LogP contribution in [0.4, 0.5) is 0 Å². The second kappa shape index (κ2) is 4.45. The van der Waals surface area contributed by atoms with E-state index in [1.165, 1.54) is 7.11 Å². The molecule has 0 aromatic carbocycles. The van der Waals surface area contributed by atoms with E-state index in [2.05, 4.69) is 10.3 Å². The van der Waals surface area contributed by atoms with Gasteiger partial charge in [0.1, 0.15) is 5.75 Å². The maximum Gasteiger partial charge on any atom is 0.256 e. The fraction of sp³-hybridized carbons (Fsp3) is 0.333. The summed E-state index contributed by atoms with van der Waals surface area (Å²) in [5.74, 6) is 0.487. The molecule has 0 aliphatic carbocycles. The van der Waals surface area contributed by atoms with Gasteiger partial charge in [0.2, 0.25) is 6.41 Å². The predicted molar refractivity (Wildman–Crippen MR) is 51.3 cm³/mol. The van der Waals surface area contributed by atoms with Crippen molar-refractivity contribution in [3.63, 3.8) is 0 Å². The van der Waals surface area contributed by atoms with Gasteiger partial charge in [-0.2, -0.15) is 0 Å². The molecule has 0 saturated carbocycles. The third-order valence-electron chi connectivity index (χ3n) is 1.81. The molecule has 1 heterocycles. The Labute approximate surface area is 81.1 Å². The van der Waals surface area contributed by atoms with Crippen LogP contribution in [0.5, 0.6) is 5.75 Å². The smallest absolute Gasteiger partial charge is 0.256 e. The molecule has 76 valence electrons. The van der Waals surface area contributed by atoms with Gasteiger partial charge in [0.15, 0.2) is 0 Å². The number of rotatable bonds is 4. The highest BCUT2D eigenvalue weighted by Crippen LogP contribution is 2.13. The van der Waals surface area contributed by atoms with E-state index >= 15 is 0 Å². The maximum atomic E-state index is 11.4. The third-order valence-corrected chi connectivity index (χ3v) is 1.81. The summed E-state index contributed by atoms with van der Waals surface area (Å²) < 4.78 is 5.03. The number of H-pyrrole nitrogens is 1. The molecule has 0 saturated heterocycles. The van der Waals surface area contributed by atoms with Crippen LogP contribution in [-0.2, 0) is 11.3 Å². The number of hydrogen-bond donors (Lipinski definition) is 2. The highest BCUT2D eigenvalue weighted by atomic mass is 16.5. The fourth-order valence-electron chi connectivity index (χ4n) is 1.18. The zero-order chi connectivity index (χ0) is 10.6. The lowest BCUT2D eigenvalue weighted by Gasteiger charge is -2.07. The van der Waals surface area contributed by atoms with Gasteiger partial charge in [-0.15, -0.1) is 0 Å². The Morgan fingerprint density at radius 3 is 2.93 bits per heavy atom. The fourth-order valence-corrected chi connectivity index (χ4v) is 1.18. The van der Waals surface area contributed by atoms with Crippen molar-refractivity contribution in [3.05, 3.63) is 27.7 Å². The quantitative estimate of drug-likeness (QED) is 0.662. The Hall–Kier alpha value is -1.78. The Morgan fingerprint density at radius 1 is 1.64 bits per heavy atom. The highest BCUT2D eigenvalue weighted by Gasteiger charge is 2.07. The topological polar surface area (TPSA) is 71.2 Å². The second-order valence-corrected chi connectivity index (χ2v) is 2.83. The monoisotopic (exact) mass is 196 g/mol. The molecule has 0 aliphatic rings. The summed E-state index contributed by atoms with van der Waals surface area (Å²) in [4.78, 5) is 24.2. The molecule has 0 unspecified atom stereocenters. The number of aryl methyl sites for hydroxylation is 1. The molecule has 0 fully saturated rings. The molecule has 14 heavy (non-hydrogen) atoms. The molecule has 0 aliphatic heterocycles. The minimum Gasteiger partial charge on any atom is -0.496 e. The molecular weight excluding hydrogens is 184 g/mol. The summed E-state index contributed by atoms with van der Waals surface area (Å²) >= 11 is 0. The van der Waals surface area contributed by atoms with Crippen molar-refractivity contribution in [1.82, 2.24) is 10.3 Å². The van der Waals surface area contributed by atoms with Crippen molar-refractivity contribution < 1.29 is 9.53 Å². The minimum atomic E-state index is -0.240. The minimum absolute atomic E-state index is 0.169. The van der Waals surface area contributed by atoms with Gasteiger partial charge in [0, 0.05) is 5.69 Å². The average molecular weight is 196 g/mol. The molecule has 2 N–H and O–H groups in total. The highest BCUT2D eigenvalue weighted by molar-refractivity contribution is 5.47. The van der Waals surface area contributed by atoms with Gasteiger partial charge in [0.05, 0.1) is 19.2 Å². The predicted octanol–water partition coefficient (Wildman–Crippen LogP) is -0.0621. The first-order valence-corrected chi connectivity index (χ1v) is 4.13. The molecular formula is C9H12N2O3. The lowest BCUT2D eigenvalue weighted by molar-refractivity contribution is -0.109. The summed E-state index contributed by atoms with van der Waals surface area (Å²) in [5, 5.41) is 2.42. The number of methoxy groups -OCH3 is 1. The van der Waals surface area contributed by atoms with Crippen LogP contribution >= 0.6 is 0 Å². The van der Waals surface area contributed by atoms with E-state index in [1.54, 1.807) is 13.0 Å². The number of ether oxygens (including phenoxy) is 1. The molecule has 5 nitrogen and oxygen atoms in total. The van der Waals surface area contributed by atoms with E-state index in [9.17, 15) is 9.59 Å². The third kappa shape index (κ3) is 2.12. The second-order valence-electron chi connectivity index (χ2n) is 2.83. The summed E-state index contributed by atoms with van der Waals surface area (Å²) in [7, 11) is 1.48.